The Labute approximate surface area is 134 Å². The second-order valence-electron chi connectivity index (χ2n) is 5.29. The van der Waals surface area contributed by atoms with Gasteiger partial charge in [0.2, 0.25) is 0 Å². The van der Waals surface area contributed by atoms with Gasteiger partial charge in [-0.1, -0.05) is 19.1 Å². The van der Waals surface area contributed by atoms with Crippen LogP contribution in [0, 0.1) is 5.82 Å². The van der Waals surface area contributed by atoms with Crippen LogP contribution in [0.3, 0.4) is 0 Å². The van der Waals surface area contributed by atoms with Crippen molar-refractivity contribution in [3.63, 3.8) is 0 Å². The number of hydrogen-bond donors (Lipinski definition) is 3. The van der Waals surface area contributed by atoms with Crippen molar-refractivity contribution < 1.29 is 14.3 Å². The molecule has 124 valence electrons. The highest BCUT2D eigenvalue weighted by Crippen LogP contribution is 2.21. The number of benzene rings is 1. The summed E-state index contributed by atoms with van der Waals surface area (Å²) in [4.78, 5) is 16.4. The van der Waals surface area contributed by atoms with Crippen molar-refractivity contribution in [2.24, 2.45) is 7.05 Å². The SMILES string of the molecule is CCC(CO)NC(=O)NC(c1cccc(F)c1)c1nccn1C. The number of imidazole rings is 1. The van der Waals surface area contributed by atoms with Crippen LogP contribution < -0.4 is 10.6 Å². The highest BCUT2D eigenvalue weighted by Gasteiger charge is 2.22. The topological polar surface area (TPSA) is 79.2 Å². The van der Waals surface area contributed by atoms with Crippen LogP contribution in [0.5, 0.6) is 0 Å². The minimum absolute atomic E-state index is 0.142. The minimum Gasteiger partial charge on any atom is -0.394 e. The molecule has 0 radical (unpaired) electrons. The van der Waals surface area contributed by atoms with Gasteiger partial charge in [-0.3, -0.25) is 0 Å². The molecule has 2 aromatic rings. The van der Waals surface area contributed by atoms with Crippen LogP contribution in [-0.4, -0.2) is 33.3 Å². The third-order valence-electron chi connectivity index (χ3n) is 3.62. The predicted molar refractivity (Wildman–Crippen MR) is 84.3 cm³/mol. The summed E-state index contributed by atoms with van der Waals surface area (Å²) in [5, 5.41) is 14.7. The molecule has 0 bridgehead atoms. The summed E-state index contributed by atoms with van der Waals surface area (Å²) in [5.74, 6) is 0.202. The van der Waals surface area contributed by atoms with Gasteiger partial charge in [0.1, 0.15) is 17.7 Å². The van der Waals surface area contributed by atoms with Gasteiger partial charge in [-0.25, -0.2) is 14.2 Å². The molecule has 6 nitrogen and oxygen atoms in total. The molecule has 23 heavy (non-hydrogen) atoms. The van der Waals surface area contributed by atoms with E-state index in [2.05, 4.69) is 15.6 Å². The van der Waals surface area contributed by atoms with Gasteiger partial charge >= 0.3 is 6.03 Å². The largest absolute Gasteiger partial charge is 0.394 e. The molecule has 0 fully saturated rings. The molecule has 2 amide bonds. The number of aliphatic hydroxyl groups is 1. The van der Waals surface area contributed by atoms with E-state index >= 15 is 0 Å². The van der Waals surface area contributed by atoms with Gasteiger partial charge in [0.05, 0.1) is 12.6 Å². The highest BCUT2D eigenvalue weighted by atomic mass is 19.1. The Morgan fingerprint density at radius 2 is 2.22 bits per heavy atom. The average molecular weight is 320 g/mol. The van der Waals surface area contributed by atoms with Crippen molar-refractivity contribution in [2.45, 2.75) is 25.4 Å². The summed E-state index contributed by atoms with van der Waals surface area (Å²) in [7, 11) is 1.80. The fraction of sp³-hybridized carbons (Fsp3) is 0.375. The van der Waals surface area contributed by atoms with Gasteiger partial charge in [-0.15, -0.1) is 0 Å². The standard InChI is InChI=1S/C16H21FN4O2/c1-3-13(10-22)19-16(23)20-14(15-18-7-8-21(15)2)11-5-4-6-12(17)9-11/h4-9,13-14,22H,3,10H2,1-2H3,(H2,19,20,23). The smallest absolute Gasteiger partial charge is 0.315 e. The van der Waals surface area contributed by atoms with E-state index < -0.39 is 12.1 Å². The molecular weight excluding hydrogens is 299 g/mol. The van der Waals surface area contributed by atoms with E-state index in [1.54, 1.807) is 36.1 Å². The molecule has 1 heterocycles. The molecule has 0 spiro atoms. The summed E-state index contributed by atoms with van der Waals surface area (Å²) in [6.07, 6.45) is 3.98. The van der Waals surface area contributed by atoms with Crippen molar-refractivity contribution in [3.8, 4) is 0 Å². The molecule has 3 N–H and O–H groups in total. The van der Waals surface area contributed by atoms with Crippen LogP contribution in [0.2, 0.25) is 0 Å². The maximum Gasteiger partial charge on any atom is 0.315 e. The molecule has 1 aromatic heterocycles. The number of nitrogens with one attached hydrogen (secondary N) is 2. The van der Waals surface area contributed by atoms with Gasteiger partial charge in [0, 0.05) is 19.4 Å². The first-order valence-corrected chi connectivity index (χ1v) is 7.45. The number of aliphatic hydroxyl groups excluding tert-OH is 1. The second kappa shape index (κ2) is 7.73. The summed E-state index contributed by atoms with van der Waals surface area (Å²) >= 11 is 0. The zero-order chi connectivity index (χ0) is 16.8. The van der Waals surface area contributed by atoms with E-state index in [0.717, 1.165) is 0 Å². The Morgan fingerprint density at radius 1 is 1.43 bits per heavy atom. The zero-order valence-corrected chi connectivity index (χ0v) is 13.2. The molecule has 2 rings (SSSR count). The van der Waals surface area contributed by atoms with Crippen molar-refractivity contribution in [1.29, 1.82) is 0 Å². The molecule has 2 atom stereocenters. The monoisotopic (exact) mass is 320 g/mol. The number of aryl methyl sites for hydroxylation is 1. The quantitative estimate of drug-likeness (QED) is 0.758. The summed E-state index contributed by atoms with van der Waals surface area (Å²) < 4.78 is 15.3. The molecule has 1 aromatic carbocycles. The first-order chi connectivity index (χ1) is 11.0. The number of carbonyl (C=O) groups is 1. The fourth-order valence-corrected chi connectivity index (χ4v) is 2.27. The highest BCUT2D eigenvalue weighted by molar-refractivity contribution is 5.75. The van der Waals surface area contributed by atoms with Crippen molar-refractivity contribution in [2.75, 3.05) is 6.61 Å². The number of halogens is 1. The van der Waals surface area contributed by atoms with Gasteiger partial charge in [0.15, 0.2) is 0 Å². The summed E-state index contributed by atoms with van der Waals surface area (Å²) in [5.41, 5.74) is 0.589. The fourth-order valence-electron chi connectivity index (χ4n) is 2.27. The zero-order valence-electron chi connectivity index (χ0n) is 13.2. The first kappa shape index (κ1) is 17.0. The first-order valence-electron chi connectivity index (χ1n) is 7.45. The number of amides is 2. The van der Waals surface area contributed by atoms with Gasteiger partial charge in [0.25, 0.3) is 0 Å². The van der Waals surface area contributed by atoms with Crippen molar-refractivity contribution >= 4 is 6.03 Å². The number of nitrogens with zero attached hydrogens (tertiary/aromatic N) is 2. The van der Waals surface area contributed by atoms with Crippen LogP contribution in [0.1, 0.15) is 30.8 Å². The third-order valence-corrected chi connectivity index (χ3v) is 3.62. The maximum absolute atomic E-state index is 13.5. The van der Waals surface area contributed by atoms with E-state index in [4.69, 9.17) is 0 Å². The van der Waals surface area contributed by atoms with E-state index in [-0.39, 0.29) is 18.5 Å². The van der Waals surface area contributed by atoms with Crippen molar-refractivity contribution in [1.82, 2.24) is 20.2 Å². The lowest BCUT2D eigenvalue weighted by Crippen LogP contribution is -2.45. The van der Waals surface area contributed by atoms with Crippen LogP contribution in [-0.2, 0) is 7.05 Å². The predicted octanol–water partition coefficient (Wildman–Crippen LogP) is 1.72. The molecule has 0 aliphatic rings. The van der Waals surface area contributed by atoms with Crippen molar-refractivity contribution in [3.05, 3.63) is 53.9 Å². The normalized spacial score (nSPS) is 13.4. The average Bonchev–Trinajstić information content (AvgIpc) is 2.96. The number of carbonyl (C=O) groups excluding carboxylic acids is 1. The third kappa shape index (κ3) is 4.29. The van der Waals surface area contributed by atoms with Gasteiger partial charge in [-0.05, 0) is 24.1 Å². The number of rotatable bonds is 6. The molecule has 0 aliphatic heterocycles. The van der Waals surface area contributed by atoms with Crippen LogP contribution in [0.15, 0.2) is 36.7 Å². The molecule has 0 saturated heterocycles. The van der Waals surface area contributed by atoms with E-state index in [0.29, 0.717) is 17.8 Å². The van der Waals surface area contributed by atoms with Crippen LogP contribution >= 0.6 is 0 Å². The van der Waals surface area contributed by atoms with Gasteiger partial charge in [-0.2, -0.15) is 0 Å². The molecular formula is C16H21FN4O2. The van der Waals surface area contributed by atoms with E-state index in [9.17, 15) is 14.3 Å². The molecule has 0 aliphatic carbocycles. The molecule has 0 saturated carbocycles. The van der Waals surface area contributed by atoms with E-state index in [1.807, 2.05) is 6.92 Å². The molecule has 7 heteroatoms. The lowest BCUT2D eigenvalue weighted by molar-refractivity contribution is 0.212. The van der Waals surface area contributed by atoms with E-state index in [1.165, 1.54) is 12.1 Å². The Balaban J connectivity index is 2.25. The number of urea groups is 1. The summed E-state index contributed by atoms with van der Waals surface area (Å²) in [6, 6.07) is 4.66. The minimum atomic E-state index is -0.595. The second-order valence-corrected chi connectivity index (χ2v) is 5.29. The lowest BCUT2D eigenvalue weighted by Gasteiger charge is -2.21. The number of hydrogen-bond acceptors (Lipinski definition) is 3. The van der Waals surface area contributed by atoms with Crippen LogP contribution in [0.25, 0.3) is 0 Å². The van der Waals surface area contributed by atoms with Gasteiger partial charge < -0.3 is 20.3 Å². The Hall–Kier alpha value is -2.41. The Kier molecular flexibility index (Phi) is 5.70. The van der Waals surface area contributed by atoms with Crippen LogP contribution in [0.4, 0.5) is 9.18 Å². The lowest BCUT2D eigenvalue weighted by atomic mass is 10.1. The summed E-state index contributed by atoms with van der Waals surface area (Å²) in [6.45, 7) is 1.72. The molecule has 2 unspecified atom stereocenters. The Morgan fingerprint density at radius 3 is 2.78 bits per heavy atom. The number of aromatic nitrogens is 2. The Bertz CT molecular complexity index is 655. The maximum atomic E-state index is 13.5.